The average Bonchev–Trinajstić information content (AvgIpc) is 2.83. The quantitative estimate of drug-likeness (QED) is 0.873. The predicted molar refractivity (Wildman–Crippen MR) is 79.7 cm³/mol. The lowest BCUT2D eigenvalue weighted by Gasteiger charge is -2.14. The fourth-order valence-electron chi connectivity index (χ4n) is 1.98. The Balaban J connectivity index is 1.95. The summed E-state index contributed by atoms with van der Waals surface area (Å²) >= 11 is 1.80. The highest BCUT2D eigenvalue weighted by Crippen LogP contribution is 2.23. The minimum Gasteiger partial charge on any atom is -0.478 e. The van der Waals surface area contributed by atoms with Crippen LogP contribution < -0.4 is 10.1 Å². The van der Waals surface area contributed by atoms with Crippen molar-refractivity contribution in [3.63, 3.8) is 0 Å². The van der Waals surface area contributed by atoms with Gasteiger partial charge in [0, 0.05) is 29.7 Å². The summed E-state index contributed by atoms with van der Waals surface area (Å²) in [5.41, 5.74) is 2.55. The number of nitrogens with zero attached hydrogens (tertiary/aromatic N) is 1. The zero-order valence-electron chi connectivity index (χ0n) is 11.6. The molecule has 1 atom stereocenters. The minimum atomic E-state index is 0.365. The molecule has 0 saturated heterocycles. The second kappa shape index (κ2) is 6.68. The molecule has 0 bridgehead atoms. The van der Waals surface area contributed by atoms with E-state index in [1.54, 1.807) is 17.5 Å². The zero-order chi connectivity index (χ0) is 13.7. The van der Waals surface area contributed by atoms with Gasteiger partial charge in [-0.15, -0.1) is 11.3 Å². The Morgan fingerprint density at radius 3 is 2.95 bits per heavy atom. The van der Waals surface area contributed by atoms with E-state index in [0.29, 0.717) is 18.5 Å². The molecular formula is C15H20N2OS. The van der Waals surface area contributed by atoms with Crippen LogP contribution in [0.1, 0.15) is 35.9 Å². The van der Waals surface area contributed by atoms with Crippen LogP contribution >= 0.6 is 11.3 Å². The van der Waals surface area contributed by atoms with Gasteiger partial charge in [0.05, 0.1) is 6.61 Å². The number of thiophene rings is 1. The third-order valence-electron chi connectivity index (χ3n) is 3.00. The van der Waals surface area contributed by atoms with Gasteiger partial charge in [0.1, 0.15) is 0 Å². The zero-order valence-corrected chi connectivity index (χ0v) is 12.5. The fourth-order valence-corrected chi connectivity index (χ4v) is 2.94. The number of pyridine rings is 1. The third-order valence-corrected chi connectivity index (χ3v) is 4.20. The SMILES string of the molecule is CCOc1cc(CN[C@@H](C)c2sccc2C)ccn1. The molecule has 4 heteroatoms. The summed E-state index contributed by atoms with van der Waals surface area (Å²) in [6.45, 7) is 7.79. The molecule has 2 heterocycles. The monoisotopic (exact) mass is 276 g/mol. The van der Waals surface area contributed by atoms with Crippen LogP contribution in [0.2, 0.25) is 0 Å². The van der Waals surface area contributed by atoms with Crippen LogP contribution in [0.15, 0.2) is 29.8 Å². The Morgan fingerprint density at radius 1 is 1.42 bits per heavy atom. The number of ether oxygens (including phenoxy) is 1. The highest BCUT2D eigenvalue weighted by atomic mass is 32.1. The van der Waals surface area contributed by atoms with Crippen molar-refractivity contribution in [1.82, 2.24) is 10.3 Å². The fraction of sp³-hybridized carbons (Fsp3) is 0.400. The Labute approximate surface area is 118 Å². The van der Waals surface area contributed by atoms with Gasteiger partial charge in [0.2, 0.25) is 5.88 Å². The molecule has 19 heavy (non-hydrogen) atoms. The van der Waals surface area contributed by atoms with Crippen molar-refractivity contribution < 1.29 is 4.74 Å². The van der Waals surface area contributed by atoms with Gasteiger partial charge in [-0.25, -0.2) is 4.98 Å². The second-order valence-electron chi connectivity index (χ2n) is 4.51. The summed E-state index contributed by atoms with van der Waals surface area (Å²) in [6, 6.07) is 6.54. The van der Waals surface area contributed by atoms with Crippen LogP contribution in [0.3, 0.4) is 0 Å². The molecule has 0 aliphatic carbocycles. The first-order valence-corrected chi connectivity index (χ1v) is 7.43. The summed E-state index contributed by atoms with van der Waals surface area (Å²) in [6.07, 6.45) is 1.79. The number of hydrogen-bond acceptors (Lipinski definition) is 4. The third kappa shape index (κ3) is 3.78. The molecule has 0 radical (unpaired) electrons. The molecule has 0 aliphatic heterocycles. The maximum atomic E-state index is 5.41. The van der Waals surface area contributed by atoms with Gasteiger partial charge < -0.3 is 10.1 Å². The van der Waals surface area contributed by atoms with E-state index in [1.165, 1.54) is 16.0 Å². The summed E-state index contributed by atoms with van der Waals surface area (Å²) in [4.78, 5) is 5.57. The molecule has 0 fully saturated rings. The molecule has 0 amide bonds. The molecular weight excluding hydrogens is 256 g/mol. The summed E-state index contributed by atoms with van der Waals surface area (Å²) in [5.74, 6) is 0.696. The number of rotatable bonds is 6. The Kier molecular flexibility index (Phi) is 4.93. The molecule has 0 aliphatic rings. The first-order valence-electron chi connectivity index (χ1n) is 6.55. The lowest BCUT2D eigenvalue weighted by Crippen LogP contribution is -2.17. The Bertz CT molecular complexity index is 524. The maximum absolute atomic E-state index is 5.41. The summed E-state index contributed by atoms with van der Waals surface area (Å²) in [5, 5.41) is 5.68. The van der Waals surface area contributed by atoms with Crippen molar-refractivity contribution in [3.8, 4) is 5.88 Å². The highest BCUT2D eigenvalue weighted by Gasteiger charge is 2.09. The number of hydrogen-bond donors (Lipinski definition) is 1. The van der Waals surface area contributed by atoms with Crippen LogP contribution in [0, 0.1) is 6.92 Å². The van der Waals surface area contributed by atoms with E-state index in [2.05, 4.69) is 35.6 Å². The summed E-state index contributed by atoms with van der Waals surface area (Å²) in [7, 11) is 0. The standard InChI is InChI=1S/C15H20N2OS/c1-4-18-14-9-13(5-7-16-14)10-17-12(3)15-11(2)6-8-19-15/h5-9,12,17H,4,10H2,1-3H3/t12-/m0/s1. The van der Waals surface area contributed by atoms with Crippen LogP contribution in [0.4, 0.5) is 0 Å². The van der Waals surface area contributed by atoms with Gasteiger partial charge in [0.25, 0.3) is 0 Å². The van der Waals surface area contributed by atoms with Crippen molar-refractivity contribution in [2.45, 2.75) is 33.4 Å². The van der Waals surface area contributed by atoms with Crippen LogP contribution in [-0.4, -0.2) is 11.6 Å². The van der Waals surface area contributed by atoms with Crippen molar-refractivity contribution in [2.75, 3.05) is 6.61 Å². The lowest BCUT2D eigenvalue weighted by molar-refractivity contribution is 0.326. The molecule has 0 unspecified atom stereocenters. The van der Waals surface area contributed by atoms with Crippen LogP contribution in [0.5, 0.6) is 5.88 Å². The Hall–Kier alpha value is -1.39. The van der Waals surface area contributed by atoms with Gasteiger partial charge in [0.15, 0.2) is 0 Å². The van der Waals surface area contributed by atoms with E-state index < -0.39 is 0 Å². The van der Waals surface area contributed by atoms with E-state index in [1.807, 2.05) is 19.1 Å². The van der Waals surface area contributed by atoms with Crippen molar-refractivity contribution >= 4 is 11.3 Å². The van der Waals surface area contributed by atoms with Crippen molar-refractivity contribution in [1.29, 1.82) is 0 Å². The molecule has 2 aromatic rings. The van der Waals surface area contributed by atoms with E-state index in [4.69, 9.17) is 4.74 Å². The van der Waals surface area contributed by atoms with E-state index in [-0.39, 0.29) is 0 Å². The van der Waals surface area contributed by atoms with Gasteiger partial charge in [-0.3, -0.25) is 0 Å². The molecule has 0 aromatic carbocycles. The molecule has 3 nitrogen and oxygen atoms in total. The predicted octanol–water partition coefficient (Wildman–Crippen LogP) is 3.70. The molecule has 0 saturated carbocycles. The van der Waals surface area contributed by atoms with Gasteiger partial charge >= 0.3 is 0 Å². The topological polar surface area (TPSA) is 34.1 Å². The first kappa shape index (κ1) is 14.0. The number of aromatic nitrogens is 1. The van der Waals surface area contributed by atoms with Crippen molar-refractivity contribution in [2.24, 2.45) is 0 Å². The molecule has 1 N–H and O–H groups in total. The lowest BCUT2D eigenvalue weighted by atomic mass is 10.2. The number of aryl methyl sites for hydroxylation is 1. The van der Waals surface area contributed by atoms with Crippen LogP contribution in [-0.2, 0) is 6.54 Å². The van der Waals surface area contributed by atoms with E-state index in [9.17, 15) is 0 Å². The van der Waals surface area contributed by atoms with Gasteiger partial charge in [-0.05, 0) is 49.4 Å². The highest BCUT2D eigenvalue weighted by molar-refractivity contribution is 7.10. The minimum absolute atomic E-state index is 0.365. The first-order chi connectivity index (χ1) is 9.20. The van der Waals surface area contributed by atoms with E-state index >= 15 is 0 Å². The second-order valence-corrected chi connectivity index (χ2v) is 5.45. The van der Waals surface area contributed by atoms with E-state index in [0.717, 1.165) is 6.54 Å². The smallest absolute Gasteiger partial charge is 0.213 e. The average molecular weight is 276 g/mol. The van der Waals surface area contributed by atoms with Gasteiger partial charge in [-0.2, -0.15) is 0 Å². The molecule has 2 rings (SSSR count). The normalized spacial score (nSPS) is 12.4. The van der Waals surface area contributed by atoms with Gasteiger partial charge in [-0.1, -0.05) is 0 Å². The largest absolute Gasteiger partial charge is 0.478 e. The molecule has 102 valence electrons. The summed E-state index contributed by atoms with van der Waals surface area (Å²) < 4.78 is 5.41. The van der Waals surface area contributed by atoms with Crippen molar-refractivity contribution in [3.05, 3.63) is 45.8 Å². The molecule has 0 spiro atoms. The Morgan fingerprint density at radius 2 is 2.26 bits per heavy atom. The number of nitrogens with one attached hydrogen (secondary N) is 1. The van der Waals surface area contributed by atoms with Crippen LogP contribution in [0.25, 0.3) is 0 Å². The molecule has 2 aromatic heterocycles. The maximum Gasteiger partial charge on any atom is 0.213 e.